The van der Waals surface area contributed by atoms with Gasteiger partial charge in [0.2, 0.25) is 0 Å². The molecule has 0 spiro atoms. The molecule has 0 aromatic carbocycles. The monoisotopic (exact) mass is 249 g/mol. The van der Waals surface area contributed by atoms with E-state index in [1.807, 2.05) is 6.20 Å². The van der Waals surface area contributed by atoms with Gasteiger partial charge in [0.1, 0.15) is 5.82 Å². The molecule has 1 atom stereocenters. The van der Waals surface area contributed by atoms with Gasteiger partial charge in [-0.2, -0.15) is 5.10 Å². The largest absolute Gasteiger partial charge is 0.370 e. The van der Waals surface area contributed by atoms with Crippen LogP contribution in [0, 0.1) is 0 Å². The van der Waals surface area contributed by atoms with Gasteiger partial charge in [-0.3, -0.25) is 0 Å². The maximum absolute atomic E-state index is 4.40. The van der Waals surface area contributed by atoms with E-state index in [2.05, 4.69) is 31.8 Å². The summed E-state index contributed by atoms with van der Waals surface area (Å²) in [6.07, 6.45) is 7.10. The van der Waals surface area contributed by atoms with Gasteiger partial charge in [0, 0.05) is 31.7 Å². The van der Waals surface area contributed by atoms with E-state index in [9.17, 15) is 0 Å². The van der Waals surface area contributed by atoms with E-state index in [4.69, 9.17) is 0 Å². The number of nitrogens with one attached hydrogen (secondary N) is 3. The molecular formula is C13H23N5. The highest BCUT2D eigenvalue weighted by atomic mass is 15.4. The summed E-state index contributed by atoms with van der Waals surface area (Å²) in [6.45, 7) is 4.34. The van der Waals surface area contributed by atoms with Crippen LogP contribution in [0.25, 0.3) is 0 Å². The van der Waals surface area contributed by atoms with Crippen LogP contribution in [-0.4, -0.2) is 42.0 Å². The van der Waals surface area contributed by atoms with Crippen LogP contribution in [0.5, 0.6) is 0 Å². The summed E-state index contributed by atoms with van der Waals surface area (Å²) in [4.78, 5) is 0. The highest BCUT2D eigenvalue weighted by Crippen LogP contribution is 2.17. The fourth-order valence-electron chi connectivity index (χ4n) is 2.76. The summed E-state index contributed by atoms with van der Waals surface area (Å²) in [7, 11) is 0. The number of rotatable bonds is 6. The van der Waals surface area contributed by atoms with Crippen molar-refractivity contribution in [1.82, 2.24) is 20.4 Å². The van der Waals surface area contributed by atoms with Crippen molar-refractivity contribution in [3.8, 4) is 0 Å². The van der Waals surface area contributed by atoms with Crippen molar-refractivity contribution in [2.45, 2.75) is 37.8 Å². The smallest absolute Gasteiger partial charge is 0.124 e. The minimum atomic E-state index is 0.541. The Morgan fingerprint density at radius 3 is 3.11 bits per heavy atom. The normalized spacial score (nSPS) is 24.1. The Hall–Kier alpha value is -1.07. The average molecular weight is 249 g/mol. The van der Waals surface area contributed by atoms with Crippen molar-refractivity contribution in [3.63, 3.8) is 0 Å². The van der Waals surface area contributed by atoms with Crippen LogP contribution >= 0.6 is 0 Å². The van der Waals surface area contributed by atoms with E-state index in [1.54, 1.807) is 0 Å². The van der Waals surface area contributed by atoms with Crippen LogP contribution in [0.3, 0.4) is 0 Å². The molecule has 1 unspecified atom stereocenters. The molecule has 0 radical (unpaired) electrons. The molecule has 5 heteroatoms. The van der Waals surface area contributed by atoms with Gasteiger partial charge in [0.15, 0.2) is 0 Å². The highest BCUT2D eigenvalue weighted by molar-refractivity contribution is 5.34. The van der Waals surface area contributed by atoms with Gasteiger partial charge in [-0.25, -0.2) is 4.68 Å². The van der Waals surface area contributed by atoms with Gasteiger partial charge in [-0.05, 0) is 32.2 Å². The van der Waals surface area contributed by atoms with E-state index in [0.717, 1.165) is 25.7 Å². The quantitative estimate of drug-likeness (QED) is 0.658. The second-order valence-corrected chi connectivity index (χ2v) is 5.34. The SMILES string of the molecule is c1cc(NCCCC2CCCN2)n(C2CNC2)n1. The van der Waals surface area contributed by atoms with E-state index >= 15 is 0 Å². The third-order valence-corrected chi connectivity index (χ3v) is 3.97. The maximum atomic E-state index is 4.40. The van der Waals surface area contributed by atoms with Crippen LogP contribution < -0.4 is 16.0 Å². The Morgan fingerprint density at radius 2 is 2.39 bits per heavy atom. The molecule has 2 aliphatic rings. The first-order chi connectivity index (χ1) is 8.93. The molecule has 1 aromatic heterocycles. The first-order valence-electron chi connectivity index (χ1n) is 7.15. The molecule has 2 saturated heterocycles. The second-order valence-electron chi connectivity index (χ2n) is 5.34. The Morgan fingerprint density at radius 1 is 1.44 bits per heavy atom. The number of anilines is 1. The molecule has 2 aliphatic heterocycles. The van der Waals surface area contributed by atoms with Crippen molar-refractivity contribution >= 4 is 5.82 Å². The zero-order valence-corrected chi connectivity index (χ0v) is 10.9. The van der Waals surface area contributed by atoms with Gasteiger partial charge in [0.05, 0.1) is 12.2 Å². The van der Waals surface area contributed by atoms with Gasteiger partial charge >= 0.3 is 0 Å². The Kier molecular flexibility index (Phi) is 3.81. The van der Waals surface area contributed by atoms with Crippen molar-refractivity contribution in [2.75, 3.05) is 31.5 Å². The molecule has 3 heterocycles. The molecule has 0 amide bonds. The minimum Gasteiger partial charge on any atom is -0.370 e. The third kappa shape index (κ3) is 2.67. The first-order valence-corrected chi connectivity index (χ1v) is 7.15. The molecule has 1 aromatic rings. The summed E-state index contributed by atoms with van der Waals surface area (Å²) < 4.78 is 2.12. The minimum absolute atomic E-state index is 0.541. The molecule has 0 aliphatic carbocycles. The van der Waals surface area contributed by atoms with Crippen molar-refractivity contribution in [1.29, 1.82) is 0 Å². The van der Waals surface area contributed by atoms with Crippen LogP contribution in [0.4, 0.5) is 5.82 Å². The van der Waals surface area contributed by atoms with E-state index in [0.29, 0.717) is 6.04 Å². The predicted octanol–water partition coefficient (Wildman–Crippen LogP) is 0.972. The Labute approximate surface area is 108 Å². The number of aromatic nitrogens is 2. The lowest BCUT2D eigenvalue weighted by atomic mass is 10.1. The van der Waals surface area contributed by atoms with Crippen LogP contribution in [0.1, 0.15) is 31.7 Å². The second kappa shape index (κ2) is 5.71. The maximum Gasteiger partial charge on any atom is 0.124 e. The number of hydrogen-bond donors (Lipinski definition) is 3. The van der Waals surface area contributed by atoms with Gasteiger partial charge < -0.3 is 16.0 Å². The summed E-state index contributed by atoms with van der Waals surface area (Å²) in [5.41, 5.74) is 0. The molecule has 18 heavy (non-hydrogen) atoms. The van der Waals surface area contributed by atoms with Gasteiger partial charge in [-0.1, -0.05) is 0 Å². The lowest BCUT2D eigenvalue weighted by molar-refractivity contribution is 0.321. The van der Waals surface area contributed by atoms with E-state index in [1.165, 1.54) is 38.0 Å². The van der Waals surface area contributed by atoms with Crippen LogP contribution in [0.15, 0.2) is 12.3 Å². The zero-order valence-electron chi connectivity index (χ0n) is 10.9. The molecular weight excluding hydrogens is 226 g/mol. The summed E-state index contributed by atoms with van der Waals surface area (Å²) in [5.74, 6) is 1.17. The molecule has 100 valence electrons. The lowest BCUT2D eigenvalue weighted by Gasteiger charge is -2.29. The Balaban J connectivity index is 1.40. The molecule has 3 rings (SSSR count). The van der Waals surface area contributed by atoms with Crippen LogP contribution in [-0.2, 0) is 0 Å². The number of nitrogens with zero attached hydrogens (tertiary/aromatic N) is 2. The zero-order chi connectivity index (χ0) is 12.2. The van der Waals surface area contributed by atoms with E-state index < -0.39 is 0 Å². The standard InChI is InChI=1S/C13H23N5/c1-3-11(15-6-1)4-2-7-16-13-5-8-17-18(13)12-9-14-10-12/h5,8,11-12,14-16H,1-4,6-7,9-10H2. The lowest BCUT2D eigenvalue weighted by Crippen LogP contribution is -2.44. The van der Waals surface area contributed by atoms with Crippen molar-refractivity contribution < 1.29 is 0 Å². The average Bonchev–Trinajstić information content (AvgIpc) is 2.94. The summed E-state index contributed by atoms with van der Waals surface area (Å²) in [6, 6.07) is 3.37. The fourth-order valence-corrected chi connectivity index (χ4v) is 2.76. The first kappa shape index (κ1) is 12.0. The van der Waals surface area contributed by atoms with E-state index in [-0.39, 0.29) is 0 Å². The summed E-state index contributed by atoms with van der Waals surface area (Å²) >= 11 is 0. The van der Waals surface area contributed by atoms with Crippen molar-refractivity contribution in [3.05, 3.63) is 12.3 Å². The van der Waals surface area contributed by atoms with Crippen LogP contribution in [0.2, 0.25) is 0 Å². The molecule has 0 saturated carbocycles. The molecule has 0 bridgehead atoms. The fraction of sp³-hybridized carbons (Fsp3) is 0.769. The number of hydrogen-bond acceptors (Lipinski definition) is 4. The van der Waals surface area contributed by atoms with Crippen molar-refractivity contribution in [2.24, 2.45) is 0 Å². The summed E-state index contributed by atoms with van der Waals surface area (Å²) in [5, 5.41) is 14.7. The molecule has 5 nitrogen and oxygen atoms in total. The Bertz CT molecular complexity index is 365. The van der Waals surface area contributed by atoms with Gasteiger partial charge in [0.25, 0.3) is 0 Å². The molecule has 3 N–H and O–H groups in total. The highest BCUT2D eigenvalue weighted by Gasteiger charge is 2.21. The predicted molar refractivity (Wildman–Crippen MR) is 72.9 cm³/mol. The molecule has 2 fully saturated rings. The topological polar surface area (TPSA) is 53.9 Å². The van der Waals surface area contributed by atoms with Gasteiger partial charge in [-0.15, -0.1) is 0 Å². The third-order valence-electron chi connectivity index (χ3n) is 3.97.